The smallest absolute Gasteiger partial charge is 0.122 e. The highest BCUT2D eigenvalue weighted by Crippen LogP contribution is 2.30. The Labute approximate surface area is 125 Å². The van der Waals surface area contributed by atoms with Gasteiger partial charge in [-0.15, -0.1) is 0 Å². The summed E-state index contributed by atoms with van der Waals surface area (Å²) in [4.78, 5) is 0. The molecule has 3 rings (SSSR count). The van der Waals surface area contributed by atoms with E-state index in [1.54, 1.807) is 0 Å². The third kappa shape index (κ3) is 3.70. The third-order valence-electron chi connectivity index (χ3n) is 4.35. The summed E-state index contributed by atoms with van der Waals surface area (Å²) in [6.45, 7) is 0.819. The van der Waals surface area contributed by atoms with Crippen molar-refractivity contribution in [2.24, 2.45) is 0 Å². The topological polar surface area (TPSA) is 29.5 Å². The highest BCUT2D eigenvalue weighted by Gasteiger charge is 2.17. The molecule has 1 heterocycles. The van der Waals surface area contributed by atoms with E-state index >= 15 is 0 Å². The summed E-state index contributed by atoms with van der Waals surface area (Å²) in [5.41, 5.74) is 2.66. The molecule has 2 aliphatic rings. The van der Waals surface area contributed by atoms with Gasteiger partial charge in [0.25, 0.3) is 0 Å². The summed E-state index contributed by atoms with van der Waals surface area (Å²) in [5.74, 6) is 1.95. The minimum atomic E-state index is -0.162. The van der Waals surface area contributed by atoms with Crippen LogP contribution in [0.2, 0.25) is 0 Å². The van der Waals surface area contributed by atoms with Crippen LogP contribution in [0.3, 0.4) is 0 Å². The lowest BCUT2D eigenvalue weighted by molar-refractivity contribution is 0.189. The summed E-state index contributed by atoms with van der Waals surface area (Å²) in [5, 5.41) is 10.9. The molecule has 0 bridgehead atoms. The zero-order valence-electron chi connectivity index (χ0n) is 12.0. The number of hydrogen-bond acceptors (Lipinski definition) is 3. The number of fused-ring (bicyclic) bond motifs is 1. The second kappa shape index (κ2) is 6.86. The van der Waals surface area contributed by atoms with Gasteiger partial charge in [-0.05, 0) is 42.9 Å². The van der Waals surface area contributed by atoms with Crippen LogP contribution in [0, 0.1) is 0 Å². The molecule has 1 aromatic rings. The van der Waals surface area contributed by atoms with E-state index in [0.29, 0.717) is 0 Å². The van der Waals surface area contributed by atoms with Crippen LogP contribution in [0.25, 0.3) is 0 Å². The van der Waals surface area contributed by atoms with Crippen LogP contribution in [0.5, 0.6) is 5.75 Å². The van der Waals surface area contributed by atoms with Crippen molar-refractivity contribution < 1.29 is 9.84 Å². The normalized spacial score (nSPS) is 19.9. The molecule has 1 aromatic carbocycles. The van der Waals surface area contributed by atoms with E-state index in [0.717, 1.165) is 42.6 Å². The Morgan fingerprint density at radius 3 is 3.00 bits per heavy atom. The number of aryl methyl sites for hydroxylation is 1. The first-order valence-corrected chi connectivity index (χ1v) is 8.90. The van der Waals surface area contributed by atoms with E-state index in [1.807, 2.05) is 11.8 Å². The molecule has 1 saturated carbocycles. The van der Waals surface area contributed by atoms with Crippen molar-refractivity contribution in [2.75, 3.05) is 12.4 Å². The Hall–Kier alpha value is -0.670. The van der Waals surface area contributed by atoms with Crippen LogP contribution in [0.4, 0.5) is 0 Å². The molecule has 1 unspecified atom stereocenters. The number of rotatable bonds is 6. The maximum Gasteiger partial charge on any atom is 0.122 e. The van der Waals surface area contributed by atoms with Crippen LogP contribution in [0.1, 0.15) is 43.2 Å². The molecule has 1 N–H and O–H groups in total. The molecule has 1 fully saturated rings. The molecular weight excluding hydrogens is 268 g/mol. The Kier molecular flexibility index (Phi) is 4.90. The van der Waals surface area contributed by atoms with Crippen LogP contribution >= 0.6 is 11.8 Å². The van der Waals surface area contributed by atoms with Crippen LogP contribution < -0.4 is 4.74 Å². The lowest BCUT2D eigenvalue weighted by atomic mass is 10.0. The molecule has 2 nitrogen and oxygen atoms in total. The molecule has 1 aliphatic carbocycles. The van der Waals surface area contributed by atoms with E-state index in [-0.39, 0.29) is 6.10 Å². The van der Waals surface area contributed by atoms with Crippen molar-refractivity contribution in [1.29, 1.82) is 0 Å². The van der Waals surface area contributed by atoms with Gasteiger partial charge in [0.15, 0.2) is 0 Å². The summed E-state index contributed by atoms with van der Waals surface area (Å²) in [6.07, 6.45) is 8.17. The van der Waals surface area contributed by atoms with Crippen LogP contribution in [-0.4, -0.2) is 28.8 Å². The van der Waals surface area contributed by atoms with E-state index in [1.165, 1.54) is 36.8 Å². The summed E-state index contributed by atoms with van der Waals surface area (Å²) < 4.78 is 5.52. The minimum absolute atomic E-state index is 0.162. The lowest BCUT2D eigenvalue weighted by Crippen LogP contribution is -2.13. The van der Waals surface area contributed by atoms with Crippen molar-refractivity contribution in [3.05, 3.63) is 29.3 Å². The SMILES string of the molecule is OC(CCc1ccc2c(c1)CCO2)CSC1CCCC1. The zero-order chi connectivity index (χ0) is 13.8. The van der Waals surface area contributed by atoms with Gasteiger partial charge in [-0.1, -0.05) is 25.0 Å². The number of thioether (sulfide) groups is 1. The standard InChI is InChI=1S/C17H24O2S/c18-15(12-20-16-3-1-2-4-16)7-5-13-6-8-17-14(11-13)9-10-19-17/h6,8,11,15-16,18H,1-5,7,9-10,12H2. The maximum atomic E-state index is 10.1. The first-order valence-electron chi connectivity index (χ1n) is 7.85. The van der Waals surface area contributed by atoms with Crippen LogP contribution in [0.15, 0.2) is 18.2 Å². The predicted molar refractivity (Wildman–Crippen MR) is 84.7 cm³/mol. The molecule has 0 aromatic heterocycles. The summed E-state index contributed by atoms with van der Waals surface area (Å²) in [7, 11) is 0. The molecule has 1 atom stereocenters. The fourth-order valence-corrected chi connectivity index (χ4v) is 4.44. The Bertz CT molecular complexity index is 441. The average molecular weight is 292 g/mol. The van der Waals surface area contributed by atoms with E-state index in [9.17, 15) is 5.11 Å². The molecule has 0 radical (unpaired) electrons. The lowest BCUT2D eigenvalue weighted by Gasteiger charge is -2.14. The second-order valence-electron chi connectivity index (χ2n) is 5.97. The Morgan fingerprint density at radius 1 is 1.30 bits per heavy atom. The summed E-state index contributed by atoms with van der Waals surface area (Å²) >= 11 is 1.98. The number of aliphatic hydroxyl groups excluding tert-OH is 1. The van der Waals surface area contributed by atoms with E-state index < -0.39 is 0 Å². The molecule has 110 valence electrons. The van der Waals surface area contributed by atoms with Gasteiger partial charge in [0.1, 0.15) is 5.75 Å². The third-order valence-corrected chi connectivity index (χ3v) is 5.87. The van der Waals surface area contributed by atoms with Crippen LogP contribution in [-0.2, 0) is 12.8 Å². The van der Waals surface area contributed by atoms with Crippen molar-refractivity contribution in [2.45, 2.75) is 56.3 Å². The summed E-state index contributed by atoms with van der Waals surface area (Å²) in [6, 6.07) is 6.47. The molecule has 20 heavy (non-hydrogen) atoms. The van der Waals surface area contributed by atoms with Crippen molar-refractivity contribution in [3.63, 3.8) is 0 Å². The molecular formula is C17H24O2S. The number of hydrogen-bond donors (Lipinski definition) is 1. The highest BCUT2D eigenvalue weighted by molar-refractivity contribution is 7.99. The molecule has 3 heteroatoms. The Morgan fingerprint density at radius 2 is 2.15 bits per heavy atom. The van der Waals surface area contributed by atoms with Gasteiger partial charge in [-0.25, -0.2) is 0 Å². The van der Waals surface area contributed by atoms with E-state index in [2.05, 4.69) is 18.2 Å². The van der Waals surface area contributed by atoms with Gasteiger partial charge < -0.3 is 9.84 Å². The number of benzene rings is 1. The number of ether oxygens (including phenoxy) is 1. The van der Waals surface area contributed by atoms with Gasteiger partial charge in [-0.2, -0.15) is 11.8 Å². The molecule has 0 saturated heterocycles. The molecule has 0 amide bonds. The average Bonchev–Trinajstić information content (AvgIpc) is 3.13. The quantitative estimate of drug-likeness (QED) is 0.869. The fourth-order valence-electron chi connectivity index (χ4n) is 3.11. The van der Waals surface area contributed by atoms with Crippen molar-refractivity contribution in [1.82, 2.24) is 0 Å². The largest absolute Gasteiger partial charge is 0.493 e. The van der Waals surface area contributed by atoms with E-state index in [4.69, 9.17) is 4.74 Å². The zero-order valence-corrected chi connectivity index (χ0v) is 12.8. The van der Waals surface area contributed by atoms with Gasteiger partial charge >= 0.3 is 0 Å². The first-order chi connectivity index (χ1) is 9.81. The Balaban J connectivity index is 1.41. The first kappa shape index (κ1) is 14.3. The predicted octanol–water partition coefficient (Wildman–Crippen LogP) is 3.59. The van der Waals surface area contributed by atoms with Crippen molar-refractivity contribution >= 4 is 11.8 Å². The maximum absolute atomic E-state index is 10.1. The highest BCUT2D eigenvalue weighted by atomic mass is 32.2. The van der Waals surface area contributed by atoms with Gasteiger partial charge in [0.05, 0.1) is 12.7 Å². The number of aliphatic hydroxyl groups is 1. The second-order valence-corrected chi connectivity index (χ2v) is 7.31. The van der Waals surface area contributed by atoms with Gasteiger partial charge in [-0.3, -0.25) is 0 Å². The fraction of sp³-hybridized carbons (Fsp3) is 0.647. The van der Waals surface area contributed by atoms with Gasteiger partial charge in [0.2, 0.25) is 0 Å². The monoisotopic (exact) mass is 292 g/mol. The minimum Gasteiger partial charge on any atom is -0.493 e. The molecule has 1 aliphatic heterocycles. The molecule has 0 spiro atoms. The van der Waals surface area contributed by atoms with Gasteiger partial charge in [0, 0.05) is 17.4 Å². The van der Waals surface area contributed by atoms with Crippen molar-refractivity contribution in [3.8, 4) is 5.75 Å².